The van der Waals surface area contributed by atoms with Crippen molar-refractivity contribution < 1.29 is 9.53 Å². The summed E-state index contributed by atoms with van der Waals surface area (Å²) < 4.78 is 7.72. The summed E-state index contributed by atoms with van der Waals surface area (Å²) in [5, 5.41) is 3.06. The average molecular weight is 406 g/mol. The van der Waals surface area contributed by atoms with Gasteiger partial charge in [0.1, 0.15) is 5.75 Å². The van der Waals surface area contributed by atoms with Gasteiger partial charge in [-0.1, -0.05) is 45.0 Å². The van der Waals surface area contributed by atoms with E-state index in [1.807, 2.05) is 54.1 Å². The van der Waals surface area contributed by atoms with E-state index in [2.05, 4.69) is 43.2 Å². The smallest absolute Gasteiger partial charge is 0.220 e. The van der Waals surface area contributed by atoms with Crippen molar-refractivity contribution in [1.82, 2.24) is 14.9 Å². The molecular weight excluding hydrogens is 374 g/mol. The largest absolute Gasteiger partial charge is 0.494 e. The second-order valence-corrected chi connectivity index (χ2v) is 8.58. The Morgan fingerprint density at radius 2 is 1.80 bits per heavy atom. The van der Waals surface area contributed by atoms with E-state index in [1.54, 1.807) is 12.5 Å². The van der Waals surface area contributed by atoms with Gasteiger partial charge < -0.3 is 14.6 Å². The molecule has 0 aliphatic rings. The van der Waals surface area contributed by atoms with Crippen LogP contribution in [-0.4, -0.2) is 22.1 Å². The summed E-state index contributed by atoms with van der Waals surface area (Å²) in [5.74, 6) is 0.877. The molecule has 1 heterocycles. The molecule has 1 N–H and O–H groups in total. The van der Waals surface area contributed by atoms with Crippen molar-refractivity contribution in [3.05, 3.63) is 78.4 Å². The van der Waals surface area contributed by atoms with E-state index in [0.717, 1.165) is 17.0 Å². The molecule has 1 atom stereocenters. The van der Waals surface area contributed by atoms with Crippen LogP contribution in [0, 0.1) is 0 Å². The van der Waals surface area contributed by atoms with E-state index in [9.17, 15) is 4.79 Å². The molecule has 0 saturated carbocycles. The van der Waals surface area contributed by atoms with E-state index < -0.39 is 0 Å². The Morgan fingerprint density at radius 1 is 1.10 bits per heavy atom. The van der Waals surface area contributed by atoms with Crippen LogP contribution in [-0.2, 0) is 10.2 Å². The fraction of sp³-hybridized carbons (Fsp3) is 0.360. The maximum absolute atomic E-state index is 12.3. The molecule has 3 aromatic rings. The van der Waals surface area contributed by atoms with Crippen LogP contribution < -0.4 is 10.1 Å². The van der Waals surface area contributed by atoms with Crippen LogP contribution in [0.2, 0.25) is 0 Å². The molecule has 0 bridgehead atoms. The molecule has 1 aromatic heterocycles. The third-order valence-corrected chi connectivity index (χ3v) is 5.11. The molecule has 3 rings (SSSR count). The number of ether oxygens (including phenoxy) is 1. The molecule has 158 valence electrons. The number of nitrogens with one attached hydrogen (secondary N) is 1. The van der Waals surface area contributed by atoms with Crippen molar-refractivity contribution in [2.45, 2.75) is 52.0 Å². The van der Waals surface area contributed by atoms with E-state index in [0.29, 0.717) is 19.4 Å². The van der Waals surface area contributed by atoms with Crippen LogP contribution in [0.15, 0.2) is 67.3 Å². The lowest BCUT2D eigenvalue weighted by Crippen LogP contribution is -2.26. The number of benzene rings is 2. The lowest BCUT2D eigenvalue weighted by molar-refractivity contribution is -0.121. The topological polar surface area (TPSA) is 56.1 Å². The Labute approximate surface area is 179 Å². The van der Waals surface area contributed by atoms with Crippen molar-refractivity contribution in [2.75, 3.05) is 6.61 Å². The van der Waals surface area contributed by atoms with Crippen LogP contribution in [0.4, 0.5) is 0 Å². The SMILES string of the molecule is CC(NC(=O)CCCOc1ccc(C(C)(C)C)cc1)c1ccc(-n2ccnc2)cc1. The van der Waals surface area contributed by atoms with Crippen LogP contribution in [0.5, 0.6) is 5.75 Å². The van der Waals surface area contributed by atoms with Crippen LogP contribution in [0.3, 0.4) is 0 Å². The summed E-state index contributed by atoms with van der Waals surface area (Å²) in [5.41, 5.74) is 3.53. The molecular formula is C25H31N3O2. The maximum Gasteiger partial charge on any atom is 0.220 e. The van der Waals surface area contributed by atoms with E-state index >= 15 is 0 Å². The lowest BCUT2D eigenvalue weighted by Gasteiger charge is -2.19. The summed E-state index contributed by atoms with van der Waals surface area (Å²) in [6.45, 7) is 9.09. The zero-order valence-electron chi connectivity index (χ0n) is 18.3. The van der Waals surface area contributed by atoms with E-state index in [1.165, 1.54) is 5.56 Å². The highest BCUT2D eigenvalue weighted by Crippen LogP contribution is 2.24. The van der Waals surface area contributed by atoms with Gasteiger partial charge in [-0.3, -0.25) is 4.79 Å². The first-order valence-electron chi connectivity index (χ1n) is 10.4. The fourth-order valence-electron chi connectivity index (χ4n) is 3.22. The highest BCUT2D eigenvalue weighted by Gasteiger charge is 2.13. The molecule has 30 heavy (non-hydrogen) atoms. The lowest BCUT2D eigenvalue weighted by atomic mass is 9.87. The molecule has 0 aliphatic carbocycles. The van der Waals surface area contributed by atoms with Gasteiger partial charge in [0.15, 0.2) is 0 Å². The highest BCUT2D eigenvalue weighted by atomic mass is 16.5. The molecule has 1 amide bonds. The summed E-state index contributed by atoms with van der Waals surface area (Å²) >= 11 is 0. The van der Waals surface area contributed by atoms with Crippen LogP contribution in [0.1, 0.15) is 57.7 Å². The number of nitrogens with zero attached hydrogens (tertiary/aromatic N) is 2. The molecule has 0 spiro atoms. The minimum absolute atomic E-state index is 0.0351. The number of hydrogen-bond acceptors (Lipinski definition) is 3. The number of imidazole rings is 1. The van der Waals surface area contributed by atoms with Gasteiger partial charge in [0.25, 0.3) is 0 Å². The molecule has 5 heteroatoms. The summed E-state index contributed by atoms with van der Waals surface area (Å²) in [6.07, 6.45) is 6.54. The van der Waals surface area contributed by atoms with Crippen LogP contribution >= 0.6 is 0 Å². The predicted molar refractivity (Wildman–Crippen MR) is 120 cm³/mol. The summed E-state index contributed by atoms with van der Waals surface area (Å²) in [7, 11) is 0. The van der Waals surface area contributed by atoms with Crippen molar-refractivity contribution in [3.63, 3.8) is 0 Å². The average Bonchev–Trinajstić information content (AvgIpc) is 3.26. The Bertz CT molecular complexity index is 924. The first kappa shape index (κ1) is 21.6. The number of carbonyl (C=O) groups excluding carboxylic acids is 1. The molecule has 0 saturated heterocycles. The number of hydrogen-bond donors (Lipinski definition) is 1. The number of carbonyl (C=O) groups is 1. The Morgan fingerprint density at radius 3 is 2.40 bits per heavy atom. The van der Waals surface area contributed by atoms with Gasteiger partial charge in [-0.2, -0.15) is 0 Å². The van der Waals surface area contributed by atoms with Crippen molar-refractivity contribution >= 4 is 5.91 Å². The number of amides is 1. The molecule has 2 aromatic carbocycles. The normalized spacial score (nSPS) is 12.4. The quantitative estimate of drug-likeness (QED) is 0.524. The van der Waals surface area contributed by atoms with Gasteiger partial charge in [0, 0.05) is 24.5 Å². The number of rotatable bonds is 8. The fourth-order valence-corrected chi connectivity index (χ4v) is 3.22. The minimum Gasteiger partial charge on any atom is -0.494 e. The van der Waals surface area contributed by atoms with E-state index in [-0.39, 0.29) is 17.4 Å². The molecule has 0 aliphatic heterocycles. The summed E-state index contributed by atoms with van der Waals surface area (Å²) in [6, 6.07) is 16.3. The Hall–Kier alpha value is -3.08. The van der Waals surface area contributed by atoms with Gasteiger partial charge >= 0.3 is 0 Å². The molecule has 0 radical (unpaired) electrons. The predicted octanol–water partition coefficient (Wildman–Crippen LogP) is 5.21. The summed E-state index contributed by atoms with van der Waals surface area (Å²) in [4.78, 5) is 16.3. The second kappa shape index (κ2) is 9.61. The third kappa shape index (κ3) is 5.96. The van der Waals surface area contributed by atoms with Crippen molar-refractivity contribution in [1.29, 1.82) is 0 Å². The Kier molecular flexibility index (Phi) is 6.93. The third-order valence-electron chi connectivity index (χ3n) is 5.11. The maximum atomic E-state index is 12.3. The van der Waals surface area contributed by atoms with Crippen molar-refractivity contribution in [2.24, 2.45) is 0 Å². The second-order valence-electron chi connectivity index (χ2n) is 8.58. The van der Waals surface area contributed by atoms with Crippen molar-refractivity contribution in [3.8, 4) is 11.4 Å². The first-order chi connectivity index (χ1) is 14.3. The molecule has 0 fully saturated rings. The Balaban J connectivity index is 1.40. The van der Waals surface area contributed by atoms with Gasteiger partial charge in [0.2, 0.25) is 5.91 Å². The van der Waals surface area contributed by atoms with Gasteiger partial charge in [-0.15, -0.1) is 0 Å². The highest BCUT2D eigenvalue weighted by molar-refractivity contribution is 5.76. The van der Waals surface area contributed by atoms with Gasteiger partial charge in [-0.25, -0.2) is 4.98 Å². The van der Waals surface area contributed by atoms with Gasteiger partial charge in [0.05, 0.1) is 19.0 Å². The number of aromatic nitrogens is 2. The first-order valence-corrected chi connectivity index (χ1v) is 10.4. The zero-order chi connectivity index (χ0) is 21.6. The minimum atomic E-state index is -0.0415. The molecule has 5 nitrogen and oxygen atoms in total. The standard InChI is InChI=1S/C25H31N3O2/c1-19(20-7-11-22(12-8-20)28-16-15-26-18-28)27-24(29)6-5-17-30-23-13-9-21(10-14-23)25(2,3)4/h7-16,18-19H,5-6,17H2,1-4H3,(H,27,29). The monoisotopic (exact) mass is 405 g/mol. The van der Waals surface area contributed by atoms with E-state index in [4.69, 9.17) is 4.74 Å². The van der Waals surface area contributed by atoms with Gasteiger partial charge in [-0.05, 0) is 54.2 Å². The van der Waals surface area contributed by atoms with Crippen LogP contribution in [0.25, 0.3) is 5.69 Å². The molecule has 1 unspecified atom stereocenters. The zero-order valence-corrected chi connectivity index (χ0v) is 18.3.